The molecule has 0 aliphatic heterocycles. The molecule has 0 aromatic heterocycles. The van der Waals surface area contributed by atoms with Crippen LogP contribution in [0.25, 0.3) is 0 Å². The second kappa shape index (κ2) is 5.02. The van der Waals surface area contributed by atoms with E-state index in [0.717, 1.165) is 5.92 Å². The molecule has 0 bridgehead atoms. The van der Waals surface area contributed by atoms with Gasteiger partial charge in [-0.05, 0) is 37.0 Å². The number of unbranched alkanes of at least 4 members (excludes halogenated alkanes) is 1. The lowest BCUT2D eigenvalue weighted by Crippen LogP contribution is -2.23. The molecule has 0 aromatic rings. The summed E-state index contributed by atoms with van der Waals surface area (Å²) < 4.78 is 0. The Balaban J connectivity index is 2.22. The van der Waals surface area contributed by atoms with Crippen LogP contribution in [0.15, 0.2) is 0 Å². The third kappa shape index (κ3) is 3.32. The van der Waals surface area contributed by atoms with Crippen molar-refractivity contribution in [1.29, 1.82) is 0 Å². The first-order valence-corrected chi connectivity index (χ1v) is 6.20. The van der Waals surface area contributed by atoms with E-state index in [1.54, 1.807) is 0 Å². The maximum Gasteiger partial charge on any atom is -0.0328 e. The van der Waals surface area contributed by atoms with Gasteiger partial charge in [0.25, 0.3) is 0 Å². The zero-order valence-electron chi connectivity index (χ0n) is 9.73. The Morgan fingerprint density at radius 1 is 1.15 bits per heavy atom. The Hall–Kier alpha value is 0. The zero-order chi connectivity index (χ0) is 9.73. The summed E-state index contributed by atoms with van der Waals surface area (Å²) in [5.74, 6) is 1.07. The van der Waals surface area contributed by atoms with Gasteiger partial charge < -0.3 is 0 Å². The summed E-state index contributed by atoms with van der Waals surface area (Å²) in [5, 5.41) is 0. The summed E-state index contributed by atoms with van der Waals surface area (Å²) in [6.45, 7) is 7.13. The van der Waals surface area contributed by atoms with Gasteiger partial charge in [-0.3, -0.25) is 0 Å². The first-order chi connectivity index (χ1) is 6.20. The second-order valence-corrected chi connectivity index (χ2v) is 5.25. The first kappa shape index (κ1) is 11.1. The van der Waals surface area contributed by atoms with Crippen LogP contribution in [0.4, 0.5) is 0 Å². The van der Waals surface area contributed by atoms with E-state index >= 15 is 0 Å². The van der Waals surface area contributed by atoms with Crippen molar-refractivity contribution in [1.82, 2.24) is 0 Å². The highest BCUT2D eigenvalue weighted by atomic mass is 14.3. The van der Waals surface area contributed by atoms with E-state index in [1.807, 2.05) is 0 Å². The number of hydrogen-bond acceptors (Lipinski definition) is 0. The summed E-state index contributed by atoms with van der Waals surface area (Å²) in [6, 6.07) is 0. The van der Waals surface area contributed by atoms with Gasteiger partial charge in [0.1, 0.15) is 0 Å². The third-order valence-electron chi connectivity index (χ3n) is 4.13. The normalized spacial score (nSPS) is 34.8. The van der Waals surface area contributed by atoms with Gasteiger partial charge in [-0.1, -0.05) is 46.5 Å². The molecule has 0 saturated heterocycles. The van der Waals surface area contributed by atoms with Crippen molar-refractivity contribution in [3.63, 3.8) is 0 Å². The van der Waals surface area contributed by atoms with Crippen LogP contribution < -0.4 is 0 Å². The van der Waals surface area contributed by atoms with E-state index in [9.17, 15) is 0 Å². The van der Waals surface area contributed by atoms with Crippen molar-refractivity contribution < 1.29 is 0 Å². The molecule has 0 spiro atoms. The van der Waals surface area contributed by atoms with Gasteiger partial charge in [-0.2, -0.15) is 0 Å². The molecule has 1 saturated carbocycles. The lowest BCUT2D eigenvalue weighted by Gasteiger charge is -2.36. The molecule has 0 N–H and O–H groups in total. The van der Waals surface area contributed by atoms with Crippen LogP contribution in [0.2, 0.25) is 0 Å². The molecule has 0 aromatic carbocycles. The summed E-state index contributed by atoms with van der Waals surface area (Å²) in [4.78, 5) is 0. The van der Waals surface area contributed by atoms with E-state index in [-0.39, 0.29) is 0 Å². The van der Waals surface area contributed by atoms with Crippen LogP contribution in [0.5, 0.6) is 0 Å². The van der Waals surface area contributed by atoms with Gasteiger partial charge in [-0.15, -0.1) is 0 Å². The minimum absolute atomic E-state index is 0.697. The lowest BCUT2D eigenvalue weighted by molar-refractivity contribution is 0.157. The second-order valence-electron chi connectivity index (χ2n) is 5.25. The molecule has 1 aliphatic carbocycles. The number of rotatable bonds is 4. The minimum atomic E-state index is 0.697. The van der Waals surface area contributed by atoms with Gasteiger partial charge >= 0.3 is 0 Å². The quantitative estimate of drug-likeness (QED) is 0.587. The van der Waals surface area contributed by atoms with E-state index in [4.69, 9.17) is 0 Å². The van der Waals surface area contributed by atoms with E-state index in [2.05, 4.69) is 20.8 Å². The van der Waals surface area contributed by atoms with Crippen molar-refractivity contribution in [3.05, 3.63) is 0 Å². The van der Waals surface area contributed by atoms with Gasteiger partial charge in [0.2, 0.25) is 0 Å². The third-order valence-corrected chi connectivity index (χ3v) is 4.13. The first-order valence-electron chi connectivity index (χ1n) is 6.20. The highest BCUT2D eigenvalue weighted by molar-refractivity contribution is 4.80. The molecule has 0 radical (unpaired) electrons. The van der Waals surface area contributed by atoms with Gasteiger partial charge in [0.15, 0.2) is 0 Å². The number of hydrogen-bond donors (Lipinski definition) is 0. The molecule has 1 aliphatic rings. The van der Waals surface area contributed by atoms with Crippen molar-refractivity contribution in [2.24, 2.45) is 11.3 Å². The van der Waals surface area contributed by atoms with Crippen LogP contribution in [0.1, 0.15) is 72.1 Å². The summed E-state index contributed by atoms with van der Waals surface area (Å²) >= 11 is 0. The Labute approximate surface area is 84.1 Å². The Morgan fingerprint density at radius 2 is 1.77 bits per heavy atom. The van der Waals surface area contributed by atoms with E-state index < -0.39 is 0 Å². The van der Waals surface area contributed by atoms with Crippen LogP contribution in [-0.4, -0.2) is 0 Å². The molecule has 0 unspecified atom stereocenters. The average Bonchev–Trinajstić information content (AvgIpc) is 2.17. The molecule has 0 heteroatoms. The lowest BCUT2D eigenvalue weighted by atomic mass is 9.69. The molecule has 78 valence electrons. The predicted octanol–water partition coefficient (Wildman–Crippen LogP) is 4.78. The van der Waals surface area contributed by atoms with Crippen LogP contribution in [0.3, 0.4) is 0 Å². The highest BCUT2D eigenvalue weighted by Crippen LogP contribution is 2.42. The van der Waals surface area contributed by atoms with Crippen molar-refractivity contribution in [3.8, 4) is 0 Å². The van der Waals surface area contributed by atoms with Crippen LogP contribution in [-0.2, 0) is 0 Å². The van der Waals surface area contributed by atoms with Crippen LogP contribution in [0, 0.1) is 11.3 Å². The van der Waals surface area contributed by atoms with E-state index in [1.165, 1.54) is 51.4 Å². The summed E-state index contributed by atoms with van der Waals surface area (Å²) in [7, 11) is 0. The van der Waals surface area contributed by atoms with Crippen molar-refractivity contribution in [2.75, 3.05) is 0 Å². The van der Waals surface area contributed by atoms with Gasteiger partial charge in [-0.25, -0.2) is 0 Å². The summed E-state index contributed by atoms with van der Waals surface area (Å²) in [5.41, 5.74) is 0.697. The maximum absolute atomic E-state index is 2.48. The molecule has 0 heterocycles. The predicted molar refractivity (Wildman–Crippen MR) is 59.9 cm³/mol. The fourth-order valence-electron chi connectivity index (χ4n) is 2.51. The molecule has 0 nitrogen and oxygen atoms in total. The van der Waals surface area contributed by atoms with Gasteiger partial charge in [0.05, 0.1) is 0 Å². The topological polar surface area (TPSA) is 0 Å². The minimum Gasteiger partial charge on any atom is -0.0654 e. The highest BCUT2D eigenvalue weighted by Gasteiger charge is 2.28. The van der Waals surface area contributed by atoms with E-state index in [0.29, 0.717) is 5.41 Å². The fraction of sp³-hybridized carbons (Fsp3) is 1.00. The maximum atomic E-state index is 2.48. The molecule has 0 amide bonds. The standard InChI is InChI=1S/C13H26/c1-4-6-7-12-8-10-13(3,5-2)11-9-12/h12H,4-11H2,1-3H3. The largest absolute Gasteiger partial charge is 0.0654 e. The monoisotopic (exact) mass is 182 g/mol. The molecule has 1 rings (SSSR count). The van der Waals surface area contributed by atoms with Gasteiger partial charge in [0, 0.05) is 0 Å². The smallest absolute Gasteiger partial charge is 0.0328 e. The Bertz CT molecular complexity index is 129. The zero-order valence-corrected chi connectivity index (χ0v) is 9.73. The molecule has 0 atom stereocenters. The molecular formula is C13H26. The molecular weight excluding hydrogens is 156 g/mol. The van der Waals surface area contributed by atoms with Crippen molar-refractivity contribution >= 4 is 0 Å². The Morgan fingerprint density at radius 3 is 2.23 bits per heavy atom. The van der Waals surface area contributed by atoms with Crippen LogP contribution >= 0.6 is 0 Å². The van der Waals surface area contributed by atoms with Crippen molar-refractivity contribution in [2.45, 2.75) is 72.1 Å². The average molecular weight is 182 g/mol. The molecule has 13 heavy (non-hydrogen) atoms. The fourth-order valence-corrected chi connectivity index (χ4v) is 2.51. The summed E-state index contributed by atoms with van der Waals surface area (Å²) in [6.07, 6.45) is 11.7. The SMILES string of the molecule is CCCCC1CCC(C)(CC)CC1. The Kier molecular flexibility index (Phi) is 4.28. The molecule has 1 fully saturated rings.